The van der Waals surface area contributed by atoms with Crippen molar-refractivity contribution < 1.29 is 14.6 Å². The van der Waals surface area contributed by atoms with Crippen LogP contribution in [-0.2, 0) is 17.7 Å². The Kier molecular flexibility index (Phi) is 3.43. The van der Waals surface area contributed by atoms with Crippen LogP contribution in [0.5, 0.6) is 0 Å². The molecule has 0 amide bonds. The van der Waals surface area contributed by atoms with Gasteiger partial charge < -0.3 is 9.84 Å². The first-order valence-electron chi connectivity index (χ1n) is 6.62. The molecule has 0 aromatic carbocycles. The molecule has 1 N–H and O–H groups in total. The Morgan fingerprint density at radius 1 is 1.52 bits per heavy atom. The fourth-order valence-electron chi connectivity index (χ4n) is 2.48. The Morgan fingerprint density at radius 2 is 2.38 bits per heavy atom. The molecule has 3 heterocycles. The van der Waals surface area contributed by atoms with Crippen LogP contribution in [0.25, 0.3) is 0 Å². The number of carboxylic acid groups (broad SMARTS) is 1. The minimum Gasteiger partial charge on any atom is -0.450 e. The SMILES string of the molecule is O=C(O)OC1CCCc2nn(Cc3cccnc3)c(=O)n21. The van der Waals surface area contributed by atoms with E-state index in [2.05, 4.69) is 10.1 Å². The standard InChI is InChI=1S/C13H14N4O4/c18-12-16(8-9-3-2-6-14-7-9)15-10-4-1-5-11(17(10)12)21-13(19)20/h2-3,6-7,11H,1,4-5,8H2,(H,19,20). The van der Waals surface area contributed by atoms with Crippen LogP contribution in [0.4, 0.5) is 4.79 Å². The van der Waals surface area contributed by atoms with Crippen LogP contribution >= 0.6 is 0 Å². The molecule has 110 valence electrons. The summed E-state index contributed by atoms with van der Waals surface area (Å²) >= 11 is 0. The normalized spacial score (nSPS) is 17.2. The van der Waals surface area contributed by atoms with Crippen LogP contribution in [0.15, 0.2) is 29.3 Å². The maximum atomic E-state index is 12.4. The Hall–Kier alpha value is -2.64. The first-order valence-corrected chi connectivity index (χ1v) is 6.62. The highest BCUT2D eigenvalue weighted by Crippen LogP contribution is 2.22. The van der Waals surface area contributed by atoms with Gasteiger partial charge in [-0.25, -0.2) is 18.8 Å². The van der Waals surface area contributed by atoms with E-state index in [9.17, 15) is 9.59 Å². The molecule has 0 saturated carbocycles. The lowest BCUT2D eigenvalue weighted by Gasteiger charge is -2.21. The summed E-state index contributed by atoms with van der Waals surface area (Å²) in [6, 6.07) is 3.63. The van der Waals surface area contributed by atoms with Gasteiger partial charge in [0, 0.05) is 25.2 Å². The van der Waals surface area contributed by atoms with Crippen molar-refractivity contribution in [1.29, 1.82) is 0 Å². The molecule has 1 unspecified atom stereocenters. The molecular weight excluding hydrogens is 276 g/mol. The summed E-state index contributed by atoms with van der Waals surface area (Å²) in [6.07, 6.45) is 2.99. The number of hydrogen-bond acceptors (Lipinski definition) is 5. The Morgan fingerprint density at radius 3 is 3.10 bits per heavy atom. The average Bonchev–Trinajstić information content (AvgIpc) is 2.77. The molecular formula is C13H14N4O4. The highest BCUT2D eigenvalue weighted by Gasteiger charge is 2.27. The summed E-state index contributed by atoms with van der Waals surface area (Å²) in [7, 11) is 0. The second-order valence-corrected chi connectivity index (χ2v) is 4.82. The van der Waals surface area contributed by atoms with Crippen LogP contribution < -0.4 is 5.69 Å². The number of nitrogens with zero attached hydrogens (tertiary/aromatic N) is 4. The Labute approximate surface area is 119 Å². The molecule has 8 nitrogen and oxygen atoms in total. The van der Waals surface area contributed by atoms with E-state index >= 15 is 0 Å². The topological polar surface area (TPSA) is 99.2 Å². The number of pyridine rings is 1. The summed E-state index contributed by atoms with van der Waals surface area (Å²) in [6.45, 7) is 0.298. The van der Waals surface area contributed by atoms with Gasteiger partial charge in [0.25, 0.3) is 0 Å². The molecule has 3 rings (SSSR count). The molecule has 0 saturated heterocycles. The first kappa shape index (κ1) is 13.3. The maximum Gasteiger partial charge on any atom is 0.507 e. The monoisotopic (exact) mass is 290 g/mol. The molecule has 0 spiro atoms. The van der Waals surface area contributed by atoms with Gasteiger partial charge in [-0.3, -0.25) is 4.98 Å². The number of aryl methyl sites for hydroxylation is 1. The lowest BCUT2D eigenvalue weighted by atomic mass is 10.1. The quantitative estimate of drug-likeness (QED) is 0.847. The van der Waals surface area contributed by atoms with Crippen LogP contribution in [0, 0.1) is 0 Å². The molecule has 0 radical (unpaired) electrons. The van der Waals surface area contributed by atoms with Crippen molar-refractivity contribution >= 4 is 6.16 Å². The molecule has 0 bridgehead atoms. The number of rotatable bonds is 3. The molecule has 1 aliphatic heterocycles. The second-order valence-electron chi connectivity index (χ2n) is 4.82. The molecule has 0 aliphatic carbocycles. The zero-order valence-corrected chi connectivity index (χ0v) is 11.2. The van der Waals surface area contributed by atoms with E-state index in [1.165, 1.54) is 9.25 Å². The molecule has 1 aliphatic rings. The number of aromatic nitrogens is 4. The second kappa shape index (κ2) is 5.39. The van der Waals surface area contributed by atoms with E-state index in [-0.39, 0.29) is 5.69 Å². The molecule has 21 heavy (non-hydrogen) atoms. The Balaban J connectivity index is 1.93. The molecule has 2 aromatic heterocycles. The van der Waals surface area contributed by atoms with Gasteiger partial charge in [-0.2, -0.15) is 5.10 Å². The van der Waals surface area contributed by atoms with Gasteiger partial charge in [0.1, 0.15) is 5.82 Å². The number of hydrogen-bond donors (Lipinski definition) is 1. The third-order valence-electron chi connectivity index (χ3n) is 3.37. The highest BCUT2D eigenvalue weighted by molar-refractivity contribution is 5.56. The van der Waals surface area contributed by atoms with Crippen molar-refractivity contribution in [2.24, 2.45) is 0 Å². The zero-order valence-electron chi connectivity index (χ0n) is 11.2. The summed E-state index contributed by atoms with van der Waals surface area (Å²) < 4.78 is 7.42. The van der Waals surface area contributed by atoms with E-state index in [0.29, 0.717) is 25.2 Å². The maximum absolute atomic E-state index is 12.4. The van der Waals surface area contributed by atoms with Crippen molar-refractivity contribution in [3.05, 3.63) is 46.4 Å². The van der Waals surface area contributed by atoms with E-state index in [1.54, 1.807) is 18.5 Å². The summed E-state index contributed by atoms with van der Waals surface area (Å²) in [5.41, 5.74) is 0.491. The van der Waals surface area contributed by atoms with E-state index < -0.39 is 12.4 Å². The van der Waals surface area contributed by atoms with Crippen molar-refractivity contribution in [3.8, 4) is 0 Å². The average molecular weight is 290 g/mol. The van der Waals surface area contributed by atoms with E-state index in [0.717, 1.165) is 12.0 Å². The van der Waals surface area contributed by atoms with Crippen molar-refractivity contribution in [3.63, 3.8) is 0 Å². The predicted molar refractivity (Wildman–Crippen MR) is 70.9 cm³/mol. The smallest absolute Gasteiger partial charge is 0.450 e. The van der Waals surface area contributed by atoms with E-state index in [1.807, 2.05) is 6.07 Å². The summed E-state index contributed by atoms with van der Waals surface area (Å²) in [5, 5.41) is 13.0. The van der Waals surface area contributed by atoms with Crippen molar-refractivity contribution in [2.75, 3.05) is 0 Å². The molecule has 8 heteroatoms. The highest BCUT2D eigenvalue weighted by atomic mass is 16.7. The molecule has 2 aromatic rings. The first-order chi connectivity index (χ1) is 10.1. The lowest BCUT2D eigenvalue weighted by Crippen LogP contribution is -2.33. The third kappa shape index (κ3) is 2.64. The van der Waals surface area contributed by atoms with E-state index in [4.69, 9.17) is 9.84 Å². The molecule has 1 atom stereocenters. The minimum absolute atomic E-state index is 0.298. The van der Waals surface area contributed by atoms with Gasteiger partial charge in [0.15, 0.2) is 6.23 Å². The van der Waals surface area contributed by atoms with Crippen LogP contribution in [0.3, 0.4) is 0 Å². The molecule has 0 fully saturated rings. The zero-order chi connectivity index (χ0) is 14.8. The van der Waals surface area contributed by atoms with Gasteiger partial charge >= 0.3 is 11.8 Å². The fraction of sp³-hybridized carbons (Fsp3) is 0.385. The number of carbonyl (C=O) groups is 1. The van der Waals surface area contributed by atoms with Gasteiger partial charge in [-0.1, -0.05) is 6.07 Å². The third-order valence-corrected chi connectivity index (χ3v) is 3.37. The van der Waals surface area contributed by atoms with Crippen molar-refractivity contribution in [2.45, 2.75) is 32.0 Å². The fourth-order valence-corrected chi connectivity index (χ4v) is 2.48. The van der Waals surface area contributed by atoms with Crippen LogP contribution in [0.2, 0.25) is 0 Å². The van der Waals surface area contributed by atoms with Crippen LogP contribution in [-0.4, -0.2) is 30.6 Å². The largest absolute Gasteiger partial charge is 0.507 e. The number of ether oxygens (including phenoxy) is 1. The minimum atomic E-state index is -1.39. The van der Waals surface area contributed by atoms with Gasteiger partial charge in [0.05, 0.1) is 6.54 Å². The predicted octanol–water partition coefficient (Wildman–Crippen LogP) is 1.02. The summed E-state index contributed by atoms with van der Waals surface area (Å²) in [5.74, 6) is 0.557. The van der Waals surface area contributed by atoms with Gasteiger partial charge in [0.2, 0.25) is 0 Å². The lowest BCUT2D eigenvalue weighted by molar-refractivity contribution is 0.00392. The Bertz CT molecular complexity index is 707. The summed E-state index contributed by atoms with van der Waals surface area (Å²) in [4.78, 5) is 27.1. The number of fused-ring (bicyclic) bond motifs is 1. The van der Waals surface area contributed by atoms with Gasteiger partial charge in [-0.05, 0) is 18.1 Å². The van der Waals surface area contributed by atoms with Crippen LogP contribution in [0.1, 0.15) is 30.5 Å². The van der Waals surface area contributed by atoms with Crippen molar-refractivity contribution in [1.82, 2.24) is 19.3 Å². The van der Waals surface area contributed by atoms with Gasteiger partial charge in [-0.15, -0.1) is 0 Å².